The van der Waals surface area contributed by atoms with E-state index in [-0.39, 0.29) is 5.82 Å². The topological polar surface area (TPSA) is 38.0 Å². The molecule has 0 aliphatic carbocycles. The quantitative estimate of drug-likeness (QED) is 0.797. The largest absolute Gasteiger partial charge is 0.396 e. The van der Waals surface area contributed by atoms with Crippen LogP contribution in [0.5, 0.6) is 0 Å². The van der Waals surface area contributed by atoms with Gasteiger partial charge < -0.3 is 11.1 Å². The van der Waals surface area contributed by atoms with Gasteiger partial charge in [0.1, 0.15) is 5.82 Å². The van der Waals surface area contributed by atoms with E-state index in [2.05, 4.69) is 21.2 Å². The molecule has 2 nitrogen and oxygen atoms in total. The third kappa shape index (κ3) is 2.70. The van der Waals surface area contributed by atoms with Crippen LogP contribution in [0.4, 0.5) is 21.5 Å². The van der Waals surface area contributed by atoms with Gasteiger partial charge in [-0.15, -0.1) is 0 Å². The molecule has 17 heavy (non-hydrogen) atoms. The molecule has 0 fully saturated rings. The zero-order valence-corrected chi connectivity index (χ0v) is 11.0. The molecule has 2 aromatic carbocycles. The molecule has 88 valence electrons. The second-order valence-electron chi connectivity index (χ2n) is 3.45. The summed E-state index contributed by atoms with van der Waals surface area (Å²) in [6.07, 6.45) is 0. The molecule has 3 N–H and O–H groups in total. The molecule has 2 rings (SSSR count). The molecular formula is C12H9BrClFN2. The highest BCUT2D eigenvalue weighted by Crippen LogP contribution is 2.30. The lowest BCUT2D eigenvalue weighted by molar-refractivity contribution is 0.622. The average Bonchev–Trinajstić information content (AvgIpc) is 2.30. The summed E-state index contributed by atoms with van der Waals surface area (Å²) in [5.41, 5.74) is 7.51. The Labute approximate surface area is 112 Å². The Morgan fingerprint density at radius 1 is 1.24 bits per heavy atom. The van der Waals surface area contributed by atoms with Gasteiger partial charge in [0, 0.05) is 5.69 Å². The Bertz CT molecular complexity index is 560. The van der Waals surface area contributed by atoms with Gasteiger partial charge in [-0.2, -0.15) is 0 Å². The standard InChI is InChI=1S/C12H9BrClFN2/c13-8-5-4-7(6-10(8)15)17-11-3-1-2-9(14)12(11)16/h1-6,17H,16H2. The van der Waals surface area contributed by atoms with Gasteiger partial charge in [0.15, 0.2) is 0 Å². The number of hydrogen-bond donors (Lipinski definition) is 2. The highest BCUT2D eigenvalue weighted by molar-refractivity contribution is 9.10. The Morgan fingerprint density at radius 3 is 2.71 bits per heavy atom. The summed E-state index contributed by atoms with van der Waals surface area (Å²) in [6.45, 7) is 0. The number of nitrogens with one attached hydrogen (secondary N) is 1. The van der Waals surface area contributed by atoms with Gasteiger partial charge in [0.2, 0.25) is 0 Å². The second kappa shape index (κ2) is 4.94. The summed E-state index contributed by atoms with van der Waals surface area (Å²) in [6, 6.07) is 10.00. The van der Waals surface area contributed by atoms with Gasteiger partial charge in [-0.3, -0.25) is 0 Å². The molecule has 0 saturated heterocycles. The van der Waals surface area contributed by atoms with Crippen molar-refractivity contribution in [3.63, 3.8) is 0 Å². The van der Waals surface area contributed by atoms with E-state index in [9.17, 15) is 4.39 Å². The predicted octanol–water partition coefficient (Wildman–Crippen LogP) is 4.57. The van der Waals surface area contributed by atoms with Crippen LogP contribution in [0.3, 0.4) is 0 Å². The predicted molar refractivity (Wildman–Crippen MR) is 73.2 cm³/mol. The molecule has 0 saturated carbocycles. The van der Waals surface area contributed by atoms with Crippen molar-refractivity contribution in [1.29, 1.82) is 0 Å². The summed E-state index contributed by atoms with van der Waals surface area (Å²) in [4.78, 5) is 0. The maximum absolute atomic E-state index is 13.3. The number of anilines is 3. The summed E-state index contributed by atoms with van der Waals surface area (Å²) in [5.74, 6) is -0.337. The molecule has 0 aromatic heterocycles. The summed E-state index contributed by atoms with van der Waals surface area (Å²) >= 11 is 8.98. The fraction of sp³-hybridized carbons (Fsp3) is 0. The van der Waals surface area contributed by atoms with Crippen LogP contribution in [0.25, 0.3) is 0 Å². The van der Waals surface area contributed by atoms with Gasteiger partial charge in [0.25, 0.3) is 0 Å². The van der Waals surface area contributed by atoms with Crippen LogP contribution in [0, 0.1) is 5.82 Å². The summed E-state index contributed by atoms with van der Waals surface area (Å²) < 4.78 is 13.7. The van der Waals surface area contributed by atoms with E-state index >= 15 is 0 Å². The molecule has 0 spiro atoms. The fourth-order valence-corrected chi connectivity index (χ4v) is 1.80. The van der Waals surface area contributed by atoms with E-state index in [1.54, 1.807) is 30.3 Å². The minimum Gasteiger partial charge on any atom is -0.396 e. The number of nitrogens with two attached hydrogens (primary N) is 1. The average molecular weight is 316 g/mol. The van der Waals surface area contributed by atoms with Crippen LogP contribution >= 0.6 is 27.5 Å². The first kappa shape index (κ1) is 12.2. The van der Waals surface area contributed by atoms with E-state index < -0.39 is 0 Å². The SMILES string of the molecule is Nc1c(Cl)cccc1Nc1ccc(Br)c(F)c1. The van der Waals surface area contributed by atoms with Crippen molar-refractivity contribution in [3.8, 4) is 0 Å². The molecule has 0 atom stereocenters. The first-order chi connectivity index (χ1) is 8.08. The Balaban J connectivity index is 2.31. The van der Waals surface area contributed by atoms with Gasteiger partial charge in [0.05, 0.1) is 20.9 Å². The first-order valence-corrected chi connectivity index (χ1v) is 6.01. The third-order valence-electron chi connectivity index (χ3n) is 2.25. The van der Waals surface area contributed by atoms with Crippen LogP contribution in [-0.4, -0.2) is 0 Å². The summed E-state index contributed by atoms with van der Waals surface area (Å²) in [5, 5.41) is 3.48. The first-order valence-electron chi connectivity index (χ1n) is 4.84. The van der Waals surface area contributed by atoms with E-state index in [1.807, 2.05) is 0 Å². The van der Waals surface area contributed by atoms with E-state index in [1.165, 1.54) is 6.07 Å². The molecule has 0 aliphatic rings. The zero-order valence-electron chi connectivity index (χ0n) is 8.68. The third-order valence-corrected chi connectivity index (χ3v) is 3.22. The van der Waals surface area contributed by atoms with Crippen molar-refractivity contribution >= 4 is 44.6 Å². The van der Waals surface area contributed by atoms with Crippen molar-refractivity contribution in [2.75, 3.05) is 11.1 Å². The monoisotopic (exact) mass is 314 g/mol. The van der Waals surface area contributed by atoms with Gasteiger partial charge in [-0.05, 0) is 46.3 Å². The number of nitrogen functional groups attached to an aromatic ring is 1. The minimum absolute atomic E-state index is 0.337. The normalized spacial score (nSPS) is 10.3. The van der Waals surface area contributed by atoms with Crippen molar-refractivity contribution in [1.82, 2.24) is 0 Å². The zero-order chi connectivity index (χ0) is 12.4. The molecule has 0 heterocycles. The number of hydrogen-bond acceptors (Lipinski definition) is 2. The van der Waals surface area contributed by atoms with Crippen LogP contribution in [0.2, 0.25) is 5.02 Å². The van der Waals surface area contributed by atoms with Crippen molar-refractivity contribution in [2.45, 2.75) is 0 Å². The number of benzene rings is 2. The van der Waals surface area contributed by atoms with Gasteiger partial charge in [-0.1, -0.05) is 17.7 Å². The number of rotatable bonds is 2. The molecule has 5 heteroatoms. The lowest BCUT2D eigenvalue weighted by Gasteiger charge is -2.10. The van der Waals surface area contributed by atoms with E-state index in [0.717, 1.165) is 0 Å². The highest BCUT2D eigenvalue weighted by atomic mass is 79.9. The maximum Gasteiger partial charge on any atom is 0.139 e. The molecule has 0 unspecified atom stereocenters. The Kier molecular flexibility index (Phi) is 3.54. The van der Waals surface area contributed by atoms with Crippen molar-refractivity contribution < 1.29 is 4.39 Å². The Morgan fingerprint density at radius 2 is 2.00 bits per heavy atom. The minimum atomic E-state index is -0.337. The van der Waals surface area contributed by atoms with Crippen molar-refractivity contribution in [3.05, 3.63) is 51.7 Å². The molecule has 2 aromatic rings. The van der Waals surface area contributed by atoms with Gasteiger partial charge >= 0.3 is 0 Å². The van der Waals surface area contributed by atoms with Crippen LogP contribution in [0.1, 0.15) is 0 Å². The lowest BCUT2D eigenvalue weighted by Crippen LogP contribution is -1.97. The maximum atomic E-state index is 13.3. The van der Waals surface area contributed by atoms with Crippen molar-refractivity contribution in [2.24, 2.45) is 0 Å². The van der Waals surface area contributed by atoms with Crippen LogP contribution in [0.15, 0.2) is 40.9 Å². The van der Waals surface area contributed by atoms with E-state index in [4.69, 9.17) is 17.3 Å². The highest BCUT2D eigenvalue weighted by Gasteiger charge is 2.05. The van der Waals surface area contributed by atoms with Crippen LogP contribution in [-0.2, 0) is 0 Å². The number of para-hydroxylation sites is 1. The lowest BCUT2D eigenvalue weighted by atomic mass is 10.2. The molecule has 0 radical (unpaired) electrons. The molecule has 0 bridgehead atoms. The van der Waals surface area contributed by atoms with E-state index in [0.29, 0.717) is 26.6 Å². The number of halogens is 3. The van der Waals surface area contributed by atoms with Gasteiger partial charge in [-0.25, -0.2) is 4.39 Å². The Hall–Kier alpha value is -1.26. The van der Waals surface area contributed by atoms with Crippen LogP contribution < -0.4 is 11.1 Å². The smallest absolute Gasteiger partial charge is 0.139 e. The second-order valence-corrected chi connectivity index (χ2v) is 4.72. The summed E-state index contributed by atoms with van der Waals surface area (Å²) in [7, 11) is 0. The molecular weight excluding hydrogens is 307 g/mol. The fourth-order valence-electron chi connectivity index (χ4n) is 1.38. The molecule has 0 aliphatic heterocycles. The molecule has 0 amide bonds.